The third-order valence-corrected chi connectivity index (χ3v) is 2.55. The zero-order valence-corrected chi connectivity index (χ0v) is 10.2. The molecule has 2 N–H and O–H groups in total. The second kappa shape index (κ2) is 10.6. The number of nitrogens with zero attached hydrogens (tertiary/aromatic N) is 1. The summed E-state index contributed by atoms with van der Waals surface area (Å²) in [5.74, 6) is 5.16. The molecule has 16 heavy (non-hydrogen) atoms. The van der Waals surface area contributed by atoms with Crippen molar-refractivity contribution in [3.05, 3.63) is 0 Å². The molecule has 0 aliphatic rings. The van der Waals surface area contributed by atoms with Crippen LogP contribution in [0.3, 0.4) is 0 Å². The molecule has 0 atom stereocenters. The van der Waals surface area contributed by atoms with Gasteiger partial charge in [0.15, 0.2) is 0 Å². The molecule has 0 rings (SSSR count). The lowest BCUT2D eigenvalue weighted by molar-refractivity contribution is -0.130. The van der Waals surface area contributed by atoms with Gasteiger partial charge in [-0.3, -0.25) is 14.6 Å². The molecule has 0 fully saturated rings. The largest absolute Gasteiger partial charge is 0.289 e. The predicted octanol–water partition coefficient (Wildman–Crippen LogP) is 1.94. The first kappa shape index (κ1) is 15.1. The fourth-order valence-electron chi connectivity index (χ4n) is 1.53. The maximum atomic E-state index is 11.3. The van der Waals surface area contributed by atoms with E-state index in [-0.39, 0.29) is 12.5 Å². The maximum absolute atomic E-state index is 11.3. The summed E-state index contributed by atoms with van der Waals surface area (Å²) in [5, 5.41) is 0.935. The highest BCUT2D eigenvalue weighted by Gasteiger charge is 2.07. The maximum Gasteiger partial charge on any atom is 0.236 e. The molecule has 0 saturated carbocycles. The number of carbonyl (C=O) groups is 1. The first-order valence-electron chi connectivity index (χ1n) is 6.12. The molecule has 93 valence electrons. The zero-order valence-electron chi connectivity index (χ0n) is 10.2. The average molecular weight is 227 g/mol. The van der Waals surface area contributed by atoms with Crippen molar-refractivity contribution < 1.29 is 9.59 Å². The second-order valence-electron chi connectivity index (χ2n) is 4.04. The number of nitrogens with two attached hydrogens (primary N) is 1. The first-order valence-corrected chi connectivity index (χ1v) is 6.12. The molecule has 0 saturated heterocycles. The Balaban J connectivity index is 3.30. The molecule has 1 radical (unpaired) electrons. The number of hydrogen-bond donors (Lipinski definition) is 1. The van der Waals surface area contributed by atoms with Gasteiger partial charge in [-0.15, -0.1) is 0 Å². The van der Waals surface area contributed by atoms with E-state index in [0.717, 1.165) is 17.9 Å². The molecule has 0 aliphatic carbocycles. The van der Waals surface area contributed by atoms with Gasteiger partial charge >= 0.3 is 0 Å². The van der Waals surface area contributed by atoms with Crippen LogP contribution in [0.2, 0.25) is 0 Å². The molecule has 0 aromatic carbocycles. The molecule has 0 unspecified atom stereocenters. The Morgan fingerprint density at radius 3 is 2.25 bits per heavy atom. The number of unbranched alkanes of at least 4 members (excludes halogenated alkanes) is 6. The zero-order chi connectivity index (χ0) is 12.2. The number of rotatable bonds is 10. The van der Waals surface area contributed by atoms with Crippen LogP contribution >= 0.6 is 0 Å². The van der Waals surface area contributed by atoms with Crippen molar-refractivity contribution in [3.63, 3.8) is 0 Å². The van der Waals surface area contributed by atoms with Crippen LogP contribution in [0.5, 0.6) is 0 Å². The van der Waals surface area contributed by atoms with Gasteiger partial charge < -0.3 is 0 Å². The van der Waals surface area contributed by atoms with E-state index < -0.39 is 0 Å². The van der Waals surface area contributed by atoms with Crippen molar-refractivity contribution in [2.45, 2.75) is 58.3 Å². The smallest absolute Gasteiger partial charge is 0.236 e. The number of hydrogen-bond acceptors (Lipinski definition) is 3. The molecule has 0 heterocycles. The van der Waals surface area contributed by atoms with Gasteiger partial charge in [-0.25, -0.2) is 5.84 Å². The SMILES string of the molecule is CCCCCCCCCC(=O)N(N)C[C]=O. The lowest BCUT2D eigenvalue weighted by atomic mass is 10.1. The minimum absolute atomic E-state index is 0.130. The van der Waals surface area contributed by atoms with Crippen molar-refractivity contribution in [3.8, 4) is 0 Å². The number of hydrazine groups is 1. The molecule has 0 spiro atoms. The lowest BCUT2D eigenvalue weighted by Crippen LogP contribution is -2.38. The highest BCUT2D eigenvalue weighted by atomic mass is 16.2. The van der Waals surface area contributed by atoms with E-state index in [2.05, 4.69) is 6.92 Å². The Labute approximate surface area is 98.1 Å². The van der Waals surface area contributed by atoms with Crippen molar-refractivity contribution in [1.82, 2.24) is 5.01 Å². The van der Waals surface area contributed by atoms with Crippen LogP contribution in [0.4, 0.5) is 0 Å². The summed E-state index contributed by atoms with van der Waals surface area (Å²) in [6.45, 7) is 2.06. The summed E-state index contributed by atoms with van der Waals surface area (Å²) in [4.78, 5) is 21.3. The summed E-state index contributed by atoms with van der Waals surface area (Å²) >= 11 is 0. The second-order valence-corrected chi connectivity index (χ2v) is 4.04. The molecule has 1 amide bonds. The van der Waals surface area contributed by atoms with Gasteiger partial charge in [0.2, 0.25) is 12.2 Å². The minimum Gasteiger partial charge on any atom is -0.289 e. The minimum atomic E-state index is -0.170. The third kappa shape index (κ3) is 8.41. The van der Waals surface area contributed by atoms with Crippen LogP contribution in [-0.2, 0) is 9.59 Å². The Morgan fingerprint density at radius 1 is 1.12 bits per heavy atom. The van der Waals surface area contributed by atoms with Crippen molar-refractivity contribution in [1.29, 1.82) is 0 Å². The van der Waals surface area contributed by atoms with Crippen molar-refractivity contribution in [2.24, 2.45) is 5.84 Å². The number of amides is 1. The predicted molar refractivity (Wildman–Crippen MR) is 64.2 cm³/mol. The summed E-state index contributed by atoms with van der Waals surface area (Å²) in [5.41, 5.74) is 0. The van der Waals surface area contributed by atoms with Crippen LogP contribution in [0, 0.1) is 0 Å². The lowest BCUT2D eigenvalue weighted by Gasteiger charge is -2.12. The van der Waals surface area contributed by atoms with E-state index in [1.807, 2.05) is 0 Å². The molecule has 0 aromatic heterocycles. The van der Waals surface area contributed by atoms with Crippen molar-refractivity contribution >= 4 is 12.2 Å². The van der Waals surface area contributed by atoms with E-state index >= 15 is 0 Å². The molecule has 0 bridgehead atoms. The van der Waals surface area contributed by atoms with E-state index in [4.69, 9.17) is 5.84 Å². The molecular weight excluding hydrogens is 204 g/mol. The van der Waals surface area contributed by atoms with Gasteiger partial charge in [-0.1, -0.05) is 45.4 Å². The molecule has 0 aliphatic heterocycles. The Kier molecular flexibility index (Phi) is 10.0. The number of carbonyl (C=O) groups excluding carboxylic acids is 2. The monoisotopic (exact) mass is 227 g/mol. The Bertz CT molecular complexity index is 195. The fourth-order valence-corrected chi connectivity index (χ4v) is 1.53. The first-order chi connectivity index (χ1) is 7.72. The summed E-state index contributed by atoms with van der Waals surface area (Å²) in [6, 6.07) is 0. The molecular formula is C12H23N2O2. The van der Waals surface area contributed by atoms with Crippen LogP contribution in [-0.4, -0.2) is 23.7 Å². The third-order valence-electron chi connectivity index (χ3n) is 2.55. The van der Waals surface area contributed by atoms with Crippen LogP contribution in [0.15, 0.2) is 0 Å². The Hall–Kier alpha value is -0.900. The van der Waals surface area contributed by atoms with Gasteiger partial charge in [0.05, 0.1) is 0 Å². The van der Waals surface area contributed by atoms with Crippen LogP contribution in [0.25, 0.3) is 0 Å². The fraction of sp³-hybridized carbons (Fsp3) is 0.833. The molecule has 4 heteroatoms. The van der Waals surface area contributed by atoms with Gasteiger partial charge in [0.25, 0.3) is 0 Å². The van der Waals surface area contributed by atoms with E-state index in [9.17, 15) is 9.59 Å². The topological polar surface area (TPSA) is 63.4 Å². The quantitative estimate of drug-likeness (QED) is 0.268. The summed E-state index contributed by atoms with van der Waals surface area (Å²) in [6.07, 6.45) is 10.2. The molecule has 4 nitrogen and oxygen atoms in total. The van der Waals surface area contributed by atoms with Gasteiger partial charge in [-0.05, 0) is 6.42 Å². The van der Waals surface area contributed by atoms with Gasteiger partial charge in [0.1, 0.15) is 6.54 Å². The van der Waals surface area contributed by atoms with Gasteiger partial charge in [0, 0.05) is 6.42 Å². The van der Waals surface area contributed by atoms with Crippen molar-refractivity contribution in [2.75, 3.05) is 6.54 Å². The highest BCUT2D eigenvalue weighted by molar-refractivity contribution is 5.77. The Morgan fingerprint density at radius 2 is 1.69 bits per heavy atom. The normalized spacial score (nSPS) is 10.1. The highest BCUT2D eigenvalue weighted by Crippen LogP contribution is 2.08. The van der Waals surface area contributed by atoms with E-state index in [1.165, 1.54) is 32.1 Å². The van der Waals surface area contributed by atoms with Crippen LogP contribution in [0.1, 0.15) is 58.3 Å². The van der Waals surface area contributed by atoms with Crippen LogP contribution < -0.4 is 5.84 Å². The van der Waals surface area contributed by atoms with Gasteiger partial charge in [-0.2, -0.15) is 0 Å². The standard InChI is InChI=1S/C12H23N2O2/c1-2-3-4-5-6-7-8-9-12(16)14(13)10-11-15/h2-10,13H2,1H3. The summed E-state index contributed by atoms with van der Waals surface area (Å²) in [7, 11) is 0. The molecule has 0 aromatic rings. The summed E-state index contributed by atoms with van der Waals surface area (Å²) < 4.78 is 0. The van der Waals surface area contributed by atoms with E-state index in [1.54, 1.807) is 6.29 Å². The van der Waals surface area contributed by atoms with E-state index in [0.29, 0.717) is 6.42 Å². The average Bonchev–Trinajstić information content (AvgIpc) is 2.28.